The van der Waals surface area contributed by atoms with Crippen LogP contribution in [0, 0.1) is 0 Å². The van der Waals surface area contributed by atoms with Crippen LogP contribution in [0.2, 0.25) is 0 Å². The number of carbonyl (C=O) groups excluding carboxylic acids is 1. The maximum Gasteiger partial charge on any atom is 0.242 e. The molecule has 0 bridgehead atoms. The third-order valence-electron chi connectivity index (χ3n) is 2.30. The molecule has 2 N–H and O–H groups in total. The fourth-order valence-electron chi connectivity index (χ4n) is 1.67. The van der Waals surface area contributed by atoms with Gasteiger partial charge in [-0.15, -0.1) is 0 Å². The summed E-state index contributed by atoms with van der Waals surface area (Å²) < 4.78 is 5.03. The van der Waals surface area contributed by atoms with E-state index in [1.54, 1.807) is 14.2 Å². The van der Waals surface area contributed by atoms with Gasteiger partial charge < -0.3 is 15.4 Å². The number of likely N-dealkylation sites (N-methyl/N-ethyl adjacent to an activating group) is 1. The fourth-order valence-corrected chi connectivity index (χ4v) is 1.67. The van der Waals surface area contributed by atoms with Gasteiger partial charge in [0.05, 0.1) is 6.61 Å². The summed E-state index contributed by atoms with van der Waals surface area (Å²) in [6.07, 6.45) is 1.90. The van der Waals surface area contributed by atoms with Crippen molar-refractivity contribution in [2.45, 2.75) is 18.4 Å². The highest BCUT2D eigenvalue weighted by Crippen LogP contribution is 2.19. The number of amides is 1. The van der Waals surface area contributed by atoms with Crippen LogP contribution < -0.4 is 10.6 Å². The minimum atomic E-state index is -0.469. The lowest BCUT2D eigenvalue weighted by molar-refractivity contribution is -0.128. The maximum atomic E-state index is 11.5. The summed E-state index contributed by atoms with van der Waals surface area (Å²) in [6, 6.07) is 0. The molecule has 1 fully saturated rings. The second kappa shape index (κ2) is 3.87. The van der Waals surface area contributed by atoms with Crippen molar-refractivity contribution in [3.8, 4) is 0 Å². The van der Waals surface area contributed by atoms with Gasteiger partial charge in [0.2, 0.25) is 5.91 Å². The van der Waals surface area contributed by atoms with Crippen molar-refractivity contribution in [3.05, 3.63) is 0 Å². The normalized spacial score (nSPS) is 28.8. The highest BCUT2D eigenvalue weighted by Gasteiger charge is 2.40. The van der Waals surface area contributed by atoms with Crippen molar-refractivity contribution in [2.24, 2.45) is 0 Å². The van der Waals surface area contributed by atoms with Gasteiger partial charge in [0.25, 0.3) is 0 Å². The molecule has 0 aromatic heterocycles. The quantitative estimate of drug-likeness (QED) is 0.603. The zero-order chi connectivity index (χ0) is 9.03. The van der Waals surface area contributed by atoms with Crippen LogP contribution >= 0.6 is 0 Å². The van der Waals surface area contributed by atoms with E-state index in [4.69, 9.17) is 4.74 Å². The summed E-state index contributed by atoms with van der Waals surface area (Å²) in [5.74, 6) is 0.0295. The van der Waals surface area contributed by atoms with Crippen LogP contribution in [0.4, 0.5) is 0 Å². The van der Waals surface area contributed by atoms with E-state index in [0.717, 1.165) is 19.4 Å². The largest absolute Gasteiger partial charge is 0.382 e. The molecule has 12 heavy (non-hydrogen) atoms. The Morgan fingerprint density at radius 3 is 2.92 bits per heavy atom. The second-order valence-corrected chi connectivity index (χ2v) is 3.12. The van der Waals surface area contributed by atoms with Crippen molar-refractivity contribution in [2.75, 3.05) is 27.3 Å². The van der Waals surface area contributed by atoms with E-state index in [9.17, 15) is 4.79 Å². The van der Waals surface area contributed by atoms with Crippen LogP contribution in [0.15, 0.2) is 0 Å². The van der Waals surface area contributed by atoms with Gasteiger partial charge in [-0.05, 0) is 19.4 Å². The Morgan fingerprint density at radius 1 is 1.75 bits per heavy atom. The maximum absolute atomic E-state index is 11.5. The smallest absolute Gasteiger partial charge is 0.242 e. The standard InChI is InChI=1S/C8H16N2O2/c1-9-7(11)8(6-12-2)4-3-5-10-8/h10H,3-6H2,1-2H3,(H,9,11)/t8-/m0/s1. The van der Waals surface area contributed by atoms with E-state index in [1.807, 2.05) is 0 Å². The van der Waals surface area contributed by atoms with Gasteiger partial charge in [-0.3, -0.25) is 4.79 Å². The number of rotatable bonds is 3. The summed E-state index contributed by atoms with van der Waals surface area (Å²) in [6.45, 7) is 1.35. The molecule has 0 unspecified atom stereocenters. The molecule has 0 aliphatic carbocycles. The first-order chi connectivity index (χ1) is 5.75. The summed E-state index contributed by atoms with van der Waals surface area (Å²) in [7, 11) is 3.27. The molecular formula is C8H16N2O2. The third-order valence-corrected chi connectivity index (χ3v) is 2.30. The molecule has 1 amide bonds. The minimum Gasteiger partial charge on any atom is -0.382 e. The van der Waals surface area contributed by atoms with Gasteiger partial charge in [0.15, 0.2) is 0 Å². The van der Waals surface area contributed by atoms with Gasteiger partial charge in [-0.25, -0.2) is 0 Å². The SMILES string of the molecule is CNC(=O)[C@@]1(COC)CCCN1. The molecule has 0 aromatic carbocycles. The van der Waals surface area contributed by atoms with E-state index in [1.165, 1.54) is 0 Å². The summed E-state index contributed by atoms with van der Waals surface area (Å²) in [5.41, 5.74) is -0.469. The predicted molar refractivity (Wildman–Crippen MR) is 45.9 cm³/mol. The summed E-state index contributed by atoms with van der Waals surface area (Å²) >= 11 is 0. The molecule has 1 aliphatic rings. The molecule has 0 saturated carbocycles. The predicted octanol–water partition coefficient (Wildman–Crippen LogP) is -0.499. The van der Waals surface area contributed by atoms with Gasteiger partial charge in [0.1, 0.15) is 5.54 Å². The van der Waals surface area contributed by atoms with Crippen LogP contribution in [0.1, 0.15) is 12.8 Å². The Bertz CT molecular complexity index is 164. The molecule has 0 radical (unpaired) electrons. The van der Waals surface area contributed by atoms with Gasteiger partial charge in [0, 0.05) is 14.2 Å². The van der Waals surface area contributed by atoms with Crippen molar-refractivity contribution in [1.29, 1.82) is 0 Å². The van der Waals surface area contributed by atoms with E-state index in [2.05, 4.69) is 10.6 Å². The lowest BCUT2D eigenvalue weighted by atomic mass is 9.98. The van der Waals surface area contributed by atoms with Crippen LogP contribution in [-0.2, 0) is 9.53 Å². The Hall–Kier alpha value is -0.610. The number of ether oxygens (including phenoxy) is 1. The highest BCUT2D eigenvalue weighted by atomic mass is 16.5. The van der Waals surface area contributed by atoms with Gasteiger partial charge in [-0.1, -0.05) is 0 Å². The molecule has 0 spiro atoms. The van der Waals surface area contributed by atoms with E-state index >= 15 is 0 Å². The number of nitrogens with one attached hydrogen (secondary N) is 2. The molecule has 1 rings (SSSR count). The van der Waals surface area contributed by atoms with Crippen LogP contribution in [-0.4, -0.2) is 38.8 Å². The van der Waals surface area contributed by atoms with E-state index in [-0.39, 0.29) is 5.91 Å². The van der Waals surface area contributed by atoms with Crippen LogP contribution in [0.25, 0.3) is 0 Å². The fraction of sp³-hybridized carbons (Fsp3) is 0.875. The number of methoxy groups -OCH3 is 1. The average molecular weight is 172 g/mol. The Morgan fingerprint density at radius 2 is 2.50 bits per heavy atom. The molecule has 70 valence electrons. The molecule has 1 atom stereocenters. The Kier molecular flexibility index (Phi) is 3.05. The van der Waals surface area contributed by atoms with Gasteiger partial charge >= 0.3 is 0 Å². The first-order valence-electron chi connectivity index (χ1n) is 4.21. The van der Waals surface area contributed by atoms with Gasteiger partial charge in [-0.2, -0.15) is 0 Å². The molecule has 4 heteroatoms. The topological polar surface area (TPSA) is 50.4 Å². The van der Waals surface area contributed by atoms with E-state index < -0.39 is 5.54 Å². The zero-order valence-electron chi connectivity index (χ0n) is 7.64. The monoisotopic (exact) mass is 172 g/mol. The zero-order valence-corrected chi connectivity index (χ0v) is 7.64. The third kappa shape index (κ3) is 1.59. The molecule has 4 nitrogen and oxygen atoms in total. The first kappa shape index (κ1) is 9.48. The lowest BCUT2D eigenvalue weighted by Crippen LogP contribution is -2.55. The van der Waals surface area contributed by atoms with Crippen LogP contribution in [0.5, 0.6) is 0 Å². The van der Waals surface area contributed by atoms with Crippen molar-refractivity contribution in [3.63, 3.8) is 0 Å². The van der Waals surface area contributed by atoms with Crippen molar-refractivity contribution >= 4 is 5.91 Å². The summed E-state index contributed by atoms with van der Waals surface area (Å²) in [4.78, 5) is 11.5. The van der Waals surface area contributed by atoms with Crippen molar-refractivity contribution < 1.29 is 9.53 Å². The molecule has 0 aromatic rings. The molecule has 1 heterocycles. The Balaban J connectivity index is 2.64. The number of hydrogen-bond acceptors (Lipinski definition) is 3. The summed E-state index contributed by atoms with van der Waals surface area (Å²) in [5, 5.41) is 5.84. The second-order valence-electron chi connectivity index (χ2n) is 3.12. The number of carbonyl (C=O) groups is 1. The molecule has 1 saturated heterocycles. The molecular weight excluding hydrogens is 156 g/mol. The lowest BCUT2D eigenvalue weighted by Gasteiger charge is -2.26. The average Bonchev–Trinajstić information content (AvgIpc) is 2.53. The first-order valence-corrected chi connectivity index (χ1v) is 4.21. The molecule has 1 aliphatic heterocycles. The number of hydrogen-bond donors (Lipinski definition) is 2. The van der Waals surface area contributed by atoms with E-state index in [0.29, 0.717) is 6.61 Å². The Labute approximate surface area is 72.7 Å². The van der Waals surface area contributed by atoms with Crippen molar-refractivity contribution in [1.82, 2.24) is 10.6 Å². The minimum absolute atomic E-state index is 0.0295. The van der Waals surface area contributed by atoms with Crippen LogP contribution in [0.3, 0.4) is 0 Å². The highest BCUT2D eigenvalue weighted by molar-refractivity contribution is 5.86.